The third-order valence-corrected chi connectivity index (χ3v) is 8.21. The van der Waals surface area contributed by atoms with Crippen molar-refractivity contribution in [2.24, 2.45) is 5.41 Å². The molecule has 1 saturated carbocycles. The summed E-state index contributed by atoms with van der Waals surface area (Å²) >= 11 is 6.19. The van der Waals surface area contributed by atoms with Gasteiger partial charge in [0.25, 0.3) is 0 Å². The maximum Gasteiger partial charge on any atom is 0.436 e. The van der Waals surface area contributed by atoms with Gasteiger partial charge in [0.2, 0.25) is 0 Å². The Morgan fingerprint density at radius 2 is 1.72 bits per heavy atom. The van der Waals surface area contributed by atoms with Crippen molar-refractivity contribution in [3.8, 4) is 5.69 Å². The van der Waals surface area contributed by atoms with Gasteiger partial charge in [-0.3, -0.25) is 9.47 Å². The summed E-state index contributed by atoms with van der Waals surface area (Å²) in [6.07, 6.45) is -7.95. The maximum atomic E-state index is 13.6. The van der Waals surface area contributed by atoms with Crippen molar-refractivity contribution in [3.63, 3.8) is 0 Å². The summed E-state index contributed by atoms with van der Waals surface area (Å²) in [6, 6.07) is 5.39. The van der Waals surface area contributed by atoms with Crippen LogP contribution in [0.25, 0.3) is 5.69 Å². The van der Waals surface area contributed by atoms with Crippen LogP contribution in [0.15, 0.2) is 30.3 Å². The molecule has 2 aliphatic heterocycles. The zero-order valence-corrected chi connectivity index (χ0v) is 21.2. The number of fused-ring (bicyclic) bond motifs is 3. The molecule has 1 aliphatic carbocycles. The third-order valence-electron chi connectivity index (χ3n) is 7.98. The topological polar surface area (TPSA) is 50.1 Å². The molecule has 1 atom stereocenters. The second-order valence-corrected chi connectivity index (χ2v) is 11.1. The van der Waals surface area contributed by atoms with Crippen LogP contribution in [0.3, 0.4) is 0 Å². The third kappa shape index (κ3) is 4.52. The van der Waals surface area contributed by atoms with E-state index in [1.165, 1.54) is 11.0 Å². The predicted octanol–water partition coefficient (Wildman–Crippen LogP) is 6.12. The smallest absolute Gasteiger partial charge is 0.355 e. The summed E-state index contributed by atoms with van der Waals surface area (Å²) in [7, 11) is 0. The Balaban J connectivity index is 1.22. The first-order valence-electron chi connectivity index (χ1n) is 12.3. The van der Waals surface area contributed by atoms with E-state index in [2.05, 4.69) is 15.2 Å². The number of aromatic nitrogens is 4. The molecule has 1 spiro atoms. The van der Waals surface area contributed by atoms with Crippen molar-refractivity contribution in [2.45, 2.75) is 57.2 Å². The molecule has 6 nitrogen and oxygen atoms in total. The molecule has 3 aromatic rings. The van der Waals surface area contributed by atoms with E-state index in [1.54, 1.807) is 23.1 Å². The Kier molecular flexibility index (Phi) is 5.92. The molecule has 1 aromatic carbocycles. The maximum absolute atomic E-state index is 13.6. The van der Waals surface area contributed by atoms with Crippen LogP contribution in [0.5, 0.6) is 0 Å². The first-order valence-corrected chi connectivity index (χ1v) is 12.6. The van der Waals surface area contributed by atoms with Crippen molar-refractivity contribution in [1.82, 2.24) is 24.6 Å². The molecular weight excluding hydrogens is 553 g/mol. The molecule has 0 bridgehead atoms. The van der Waals surface area contributed by atoms with E-state index in [-0.39, 0.29) is 30.2 Å². The first kappa shape index (κ1) is 26.3. The zero-order valence-electron chi connectivity index (χ0n) is 20.5. The molecule has 39 heavy (non-hydrogen) atoms. The van der Waals surface area contributed by atoms with E-state index in [4.69, 9.17) is 11.6 Å². The van der Waals surface area contributed by atoms with E-state index in [1.807, 2.05) is 4.57 Å². The van der Waals surface area contributed by atoms with Gasteiger partial charge >= 0.3 is 12.4 Å². The number of anilines is 1. The van der Waals surface area contributed by atoms with Crippen molar-refractivity contribution in [3.05, 3.63) is 64.1 Å². The Morgan fingerprint density at radius 1 is 1.00 bits per heavy atom. The number of hydrogen-bond donors (Lipinski definition) is 0. The average Bonchev–Trinajstić information content (AvgIpc) is 3.11. The molecule has 1 unspecified atom stereocenters. The summed E-state index contributed by atoms with van der Waals surface area (Å²) in [5.74, 6) is -0.344. The molecule has 6 rings (SSSR count). The molecule has 14 heteroatoms. The number of pyridine rings is 1. The van der Waals surface area contributed by atoms with Gasteiger partial charge in [-0.15, -0.1) is 10.2 Å². The Bertz CT molecular complexity index is 1420. The number of rotatable bonds is 3. The Labute approximate surface area is 223 Å². The minimum absolute atomic E-state index is 0.0320. The fourth-order valence-electron chi connectivity index (χ4n) is 5.95. The zero-order chi connectivity index (χ0) is 27.9. The van der Waals surface area contributed by atoms with Gasteiger partial charge in [-0.25, -0.2) is 9.37 Å². The number of halogens is 8. The van der Waals surface area contributed by atoms with Gasteiger partial charge in [-0.1, -0.05) is 11.6 Å². The predicted molar refractivity (Wildman–Crippen MR) is 127 cm³/mol. The second-order valence-electron chi connectivity index (χ2n) is 10.7. The van der Waals surface area contributed by atoms with E-state index in [9.17, 15) is 30.7 Å². The summed E-state index contributed by atoms with van der Waals surface area (Å²) < 4.78 is 95.4. The minimum Gasteiger partial charge on any atom is -0.355 e. The molecule has 4 heterocycles. The van der Waals surface area contributed by atoms with Gasteiger partial charge in [-0.2, -0.15) is 26.3 Å². The lowest BCUT2D eigenvalue weighted by Gasteiger charge is -2.59. The Morgan fingerprint density at radius 3 is 2.38 bits per heavy atom. The molecule has 208 valence electrons. The Hall–Kier alpha value is -2.93. The molecule has 3 aliphatic rings. The van der Waals surface area contributed by atoms with Crippen LogP contribution < -0.4 is 4.90 Å². The van der Waals surface area contributed by atoms with Gasteiger partial charge in [0.15, 0.2) is 17.3 Å². The lowest BCUT2D eigenvalue weighted by Crippen LogP contribution is -2.62. The minimum atomic E-state index is -4.89. The van der Waals surface area contributed by atoms with E-state index < -0.39 is 29.9 Å². The lowest BCUT2D eigenvalue weighted by atomic mass is 9.57. The van der Waals surface area contributed by atoms with Crippen LogP contribution >= 0.6 is 11.6 Å². The SMILES string of the molecule is CC(N1Cc2cc(Cl)ccc2-n2c(nnc2C2CC3(C2)CN(c2ccc(F)c(C(F)(F)F)n2)C3)C1)C(F)(F)F. The van der Waals surface area contributed by atoms with Crippen molar-refractivity contribution < 1.29 is 30.7 Å². The summed E-state index contributed by atoms with van der Waals surface area (Å²) in [5, 5.41) is 9.04. The highest BCUT2D eigenvalue weighted by Gasteiger charge is 2.55. The van der Waals surface area contributed by atoms with Crippen LogP contribution in [0.1, 0.15) is 48.6 Å². The van der Waals surface area contributed by atoms with E-state index in [0.29, 0.717) is 53.9 Å². The highest BCUT2D eigenvalue weighted by molar-refractivity contribution is 6.30. The quantitative estimate of drug-likeness (QED) is 0.353. The molecule has 0 radical (unpaired) electrons. The molecule has 0 N–H and O–H groups in total. The second kappa shape index (κ2) is 8.79. The van der Waals surface area contributed by atoms with Crippen molar-refractivity contribution in [2.75, 3.05) is 18.0 Å². The number of benzene rings is 1. The van der Waals surface area contributed by atoms with Gasteiger partial charge in [0, 0.05) is 36.0 Å². The molecule has 1 saturated heterocycles. The van der Waals surface area contributed by atoms with Crippen molar-refractivity contribution in [1.29, 1.82) is 0 Å². The van der Waals surface area contributed by atoms with Crippen LogP contribution in [0.2, 0.25) is 5.02 Å². The number of alkyl halides is 6. The van der Waals surface area contributed by atoms with Crippen molar-refractivity contribution >= 4 is 17.4 Å². The largest absolute Gasteiger partial charge is 0.436 e. The molecular formula is C25H22ClF7N6. The van der Waals surface area contributed by atoms with Crippen LogP contribution in [-0.4, -0.2) is 50.0 Å². The van der Waals surface area contributed by atoms with Crippen LogP contribution in [0.4, 0.5) is 36.6 Å². The molecule has 2 fully saturated rings. The monoisotopic (exact) mass is 574 g/mol. The number of hydrogen-bond acceptors (Lipinski definition) is 5. The van der Waals surface area contributed by atoms with Crippen LogP contribution in [0, 0.1) is 11.2 Å². The highest BCUT2D eigenvalue weighted by Crippen LogP contribution is 2.57. The van der Waals surface area contributed by atoms with Gasteiger partial charge < -0.3 is 4.90 Å². The van der Waals surface area contributed by atoms with E-state index >= 15 is 0 Å². The summed E-state index contributed by atoms with van der Waals surface area (Å²) in [4.78, 5) is 6.48. The molecule has 2 aromatic heterocycles. The fraction of sp³-hybridized carbons (Fsp3) is 0.480. The summed E-state index contributed by atoms with van der Waals surface area (Å²) in [6.45, 7) is 2.02. The first-order chi connectivity index (χ1) is 18.2. The highest BCUT2D eigenvalue weighted by atomic mass is 35.5. The molecule has 0 amide bonds. The van der Waals surface area contributed by atoms with Gasteiger partial charge in [0.1, 0.15) is 17.7 Å². The normalized spacial score (nSPS) is 20.2. The average molecular weight is 575 g/mol. The summed E-state index contributed by atoms with van der Waals surface area (Å²) in [5.41, 5.74) is -0.385. The lowest BCUT2D eigenvalue weighted by molar-refractivity contribution is -0.182. The standard InChI is InChI=1S/C25H22ClF7N6/c1-13(24(28,29)30)37-9-14-6-16(26)2-4-18(14)39-20(10-37)35-36-22(39)15-7-23(8-15)11-38(12-23)19-5-3-17(27)21(34-19)25(31,32)33/h2-6,13,15H,7-12H2,1H3. The number of nitrogens with zero attached hydrogens (tertiary/aromatic N) is 6. The van der Waals surface area contributed by atoms with E-state index in [0.717, 1.165) is 13.0 Å². The van der Waals surface area contributed by atoms with Gasteiger partial charge in [0.05, 0.1) is 12.2 Å². The van der Waals surface area contributed by atoms with Gasteiger partial charge in [-0.05, 0) is 55.7 Å². The van der Waals surface area contributed by atoms with Crippen LogP contribution in [-0.2, 0) is 19.3 Å². The fourth-order valence-corrected chi connectivity index (χ4v) is 6.15.